The zero-order chi connectivity index (χ0) is 18.2. The van der Waals surface area contributed by atoms with Crippen molar-refractivity contribution in [3.8, 4) is 0 Å². The zero-order valence-corrected chi connectivity index (χ0v) is 15.3. The lowest BCUT2D eigenvalue weighted by atomic mass is 10.1. The van der Waals surface area contributed by atoms with Crippen molar-refractivity contribution in [3.05, 3.63) is 64.1 Å². The fourth-order valence-electron chi connectivity index (χ4n) is 2.40. The van der Waals surface area contributed by atoms with Crippen molar-refractivity contribution in [1.82, 2.24) is 5.32 Å². The summed E-state index contributed by atoms with van der Waals surface area (Å²) in [5.41, 5.74) is 1.41. The summed E-state index contributed by atoms with van der Waals surface area (Å²) in [7, 11) is 0. The molecule has 0 saturated carbocycles. The lowest BCUT2D eigenvalue weighted by Gasteiger charge is -2.16. The van der Waals surface area contributed by atoms with Gasteiger partial charge in [0.2, 0.25) is 5.91 Å². The molecule has 0 saturated heterocycles. The number of carbonyl (C=O) groups excluding carboxylic acids is 2. The first kappa shape index (κ1) is 19.2. The van der Waals surface area contributed by atoms with E-state index in [0.29, 0.717) is 28.8 Å². The number of nitrogens with one attached hydrogen (secondary N) is 2. The summed E-state index contributed by atoms with van der Waals surface area (Å²) in [6.07, 6.45) is 0. The number of carbonyl (C=O) groups is 2. The highest BCUT2D eigenvalue weighted by Crippen LogP contribution is 2.23. The van der Waals surface area contributed by atoms with Crippen LogP contribution in [-0.4, -0.2) is 24.9 Å². The average molecular weight is 381 g/mol. The maximum atomic E-state index is 12.7. The van der Waals surface area contributed by atoms with Crippen LogP contribution in [0.5, 0.6) is 0 Å². The van der Waals surface area contributed by atoms with E-state index in [0.717, 1.165) is 5.56 Å². The Kier molecular flexibility index (Phi) is 7.25. The molecule has 2 rings (SSSR count). The summed E-state index contributed by atoms with van der Waals surface area (Å²) in [6, 6.07) is 13.9. The minimum atomic E-state index is -0.451. The molecule has 0 unspecified atom stereocenters. The van der Waals surface area contributed by atoms with Crippen LogP contribution in [0.25, 0.3) is 0 Å². The molecule has 0 bridgehead atoms. The fourth-order valence-corrected chi connectivity index (χ4v) is 2.93. The van der Waals surface area contributed by atoms with Crippen LogP contribution < -0.4 is 16.0 Å². The van der Waals surface area contributed by atoms with E-state index >= 15 is 0 Å². The third-order valence-electron chi connectivity index (χ3n) is 3.49. The van der Waals surface area contributed by atoms with E-state index < -0.39 is 6.04 Å². The average Bonchev–Trinajstić information content (AvgIpc) is 2.54. The molecule has 2 amide bonds. The molecule has 7 heteroatoms. The number of nitrogens with two attached hydrogens (primary N) is 1. The quantitative estimate of drug-likeness (QED) is 0.645. The Labute approximate surface area is 156 Å². The summed E-state index contributed by atoms with van der Waals surface area (Å²) in [6.45, 7) is 2.52. The highest BCUT2D eigenvalue weighted by atomic mass is 35.5. The Morgan fingerprint density at radius 1 is 1.08 bits per heavy atom. The number of hydrogen-bond acceptors (Lipinski definition) is 2. The van der Waals surface area contributed by atoms with Crippen molar-refractivity contribution in [1.29, 1.82) is 0 Å². The van der Waals surface area contributed by atoms with E-state index in [1.54, 1.807) is 18.2 Å². The molecule has 4 N–H and O–H groups in total. The van der Waals surface area contributed by atoms with Crippen LogP contribution in [-0.2, 0) is 9.59 Å². The zero-order valence-electron chi connectivity index (χ0n) is 13.8. The molecule has 0 aliphatic rings. The molecule has 5 nitrogen and oxygen atoms in total. The Bertz CT molecular complexity index is 718. The number of benzene rings is 2. The van der Waals surface area contributed by atoms with Gasteiger partial charge in [-0.3, -0.25) is 9.59 Å². The van der Waals surface area contributed by atoms with Gasteiger partial charge in [0.1, 0.15) is 0 Å². The maximum Gasteiger partial charge on any atom is 0.287 e. The van der Waals surface area contributed by atoms with Gasteiger partial charge >= 0.3 is 0 Å². The van der Waals surface area contributed by atoms with Gasteiger partial charge in [0.25, 0.3) is 5.91 Å². The predicted octanol–water partition coefficient (Wildman–Crippen LogP) is 2.37. The molecular formula is C18H20Cl2N3O2+. The molecule has 0 aliphatic carbocycles. The number of hydrogen-bond donors (Lipinski definition) is 3. The van der Waals surface area contributed by atoms with Crippen molar-refractivity contribution < 1.29 is 14.9 Å². The van der Waals surface area contributed by atoms with Crippen LogP contribution >= 0.6 is 23.2 Å². The second-order valence-corrected chi connectivity index (χ2v) is 6.42. The monoisotopic (exact) mass is 380 g/mol. The third-order valence-corrected chi connectivity index (χ3v) is 3.93. The molecule has 2 aromatic carbocycles. The van der Waals surface area contributed by atoms with E-state index in [2.05, 4.69) is 10.6 Å². The van der Waals surface area contributed by atoms with E-state index in [-0.39, 0.29) is 11.8 Å². The largest absolute Gasteiger partial charge is 0.351 e. The van der Waals surface area contributed by atoms with Crippen LogP contribution in [0, 0.1) is 0 Å². The summed E-state index contributed by atoms with van der Waals surface area (Å²) >= 11 is 12.0. The topological polar surface area (TPSA) is 74.8 Å². The Morgan fingerprint density at radius 2 is 1.72 bits per heavy atom. The Hall–Kier alpha value is -2.08. The van der Waals surface area contributed by atoms with E-state index in [1.807, 2.05) is 35.6 Å². The predicted molar refractivity (Wildman–Crippen MR) is 99.8 cm³/mol. The number of rotatable bonds is 7. The van der Waals surface area contributed by atoms with E-state index in [9.17, 15) is 9.59 Å². The van der Waals surface area contributed by atoms with Gasteiger partial charge < -0.3 is 16.0 Å². The van der Waals surface area contributed by atoms with Gasteiger partial charge in [-0.1, -0.05) is 53.5 Å². The van der Waals surface area contributed by atoms with Crippen molar-refractivity contribution in [2.75, 3.05) is 18.4 Å². The highest BCUT2D eigenvalue weighted by molar-refractivity contribution is 6.35. The van der Waals surface area contributed by atoms with Gasteiger partial charge in [0.05, 0.1) is 13.1 Å². The molecule has 132 valence electrons. The molecule has 0 radical (unpaired) electrons. The molecular weight excluding hydrogens is 361 g/mol. The van der Waals surface area contributed by atoms with E-state index in [1.165, 1.54) is 6.92 Å². The van der Waals surface area contributed by atoms with Gasteiger partial charge in [0.15, 0.2) is 6.04 Å². The third kappa shape index (κ3) is 6.38. The first-order chi connectivity index (χ1) is 12.0. The molecule has 0 heterocycles. The number of amides is 2. The summed E-state index contributed by atoms with van der Waals surface area (Å²) < 4.78 is 0. The van der Waals surface area contributed by atoms with Crippen molar-refractivity contribution >= 4 is 40.7 Å². The highest BCUT2D eigenvalue weighted by Gasteiger charge is 2.24. The lowest BCUT2D eigenvalue weighted by molar-refractivity contribution is -0.680. The van der Waals surface area contributed by atoms with Crippen LogP contribution in [0.4, 0.5) is 5.69 Å². The smallest absolute Gasteiger partial charge is 0.287 e. The SMILES string of the molecule is CC(=O)NCC[NH2+][C@H](C(=O)Nc1cc(Cl)cc(Cl)c1)c1ccccc1. The Balaban J connectivity index is 2.10. The van der Waals surface area contributed by atoms with Crippen molar-refractivity contribution in [2.24, 2.45) is 0 Å². The molecule has 0 fully saturated rings. The minimum Gasteiger partial charge on any atom is -0.351 e. The van der Waals surface area contributed by atoms with Gasteiger partial charge in [-0.2, -0.15) is 0 Å². The Morgan fingerprint density at radius 3 is 2.32 bits per heavy atom. The maximum absolute atomic E-state index is 12.7. The first-order valence-corrected chi connectivity index (χ1v) is 8.61. The summed E-state index contributed by atoms with van der Waals surface area (Å²) in [4.78, 5) is 23.7. The standard InChI is InChI=1S/C18H19Cl2N3O2/c1-12(24)21-7-8-22-17(13-5-3-2-4-6-13)18(25)23-16-10-14(19)9-15(20)11-16/h2-6,9-11,17,22H,7-8H2,1H3,(H,21,24)(H,23,25)/p+1/t17-/m0/s1. The minimum absolute atomic E-state index is 0.0947. The van der Waals surface area contributed by atoms with Crippen LogP contribution in [0.15, 0.2) is 48.5 Å². The molecule has 0 spiro atoms. The molecule has 25 heavy (non-hydrogen) atoms. The van der Waals surface area contributed by atoms with Gasteiger partial charge in [0, 0.05) is 28.2 Å². The van der Waals surface area contributed by atoms with Crippen molar-refractivity contribution in [2.45, 2.75) is 13.0 Å². The van der Waals surface area contributed by atoms with Crippen LogP contribution in [0.2, 0.25) is 10.0 Å². The second kappa shape index (κ2) is 9.42. The molecule has 1 atom stereocenters. The second-order valence-electron chi connectivity index (χ2n) is 5.54. The molecule has 0 aliphatic heterocycles. The van der Waals surface area contributed by atoms with Gasteiger partial charge in [-0.05, 0) is 18.2 Å². The van der Waals surface area contributed by atoms with Gasteiger partial charge in [-0.15, -0.1) is 0 Å². The number of halogens is 2. The molecule has 0 aromatic heterocycles. The van der Waals surface area contributed by atoms with E-state index in [4.69, 9.17) is 23.2 Å². The molecule has 2 aromatic rings. The summed E-state index contributed by atoms with van der Waals surface area (Å²) in [5.74, 6) is -0.282. The summed E-state index contributed by atoms with van der Waals surface area (Å²) in [5, 5.41) is 8.35. The van der Waals surface area contributed by atoms with Gasteiger partial charge in [-0.25, -0.2) is 0 Å². The lowest BCUT2D eigenvalue weighted by Crippen LogP contribution is -2.88. The normalized spacial score (nSPS) is 11.6. The van der Waals surface area contributed by atoms with Crippen LogP contribution in [0.1, 0.15) is 18.5 Å². The van der Waals surface area contributed by atoms with Crippen LogP contribution in [0.3, 0.4) is 0 Å². The number of anilines is 1. The number of quaternary nitrogens is 1. The van der Waals surface area contributed by atoms with Crippen molar-refractivity contribution in [3.63, 3.8) is 0 Å². The fraction of sp³-hybridized carbons (Fsp3) is 0.222. The first-order valence-electron chi connectivity index (χ1n) is 7.85.